The van der Waals surface area contributed by atoms with Crippen molar-refractivity contribution in [3.05, 3.63) is 58.1 Å². The van der Waals surface area contributed by atoms with E-state index in [4.69, 9.17) is 4.74 Å². The number of hydrogen-bond acceptors (Lipinski definition) is 3. The van der Waals surface area contributed by atoms with Crippen molar-refractivity contribution < 1.29 is 4.74 Å². The monoisotopic (exact) mass is 346 g/mol. The van der Waals surface area contributed by atoms with E-state index >= 15 is 0 Å². The number of fused-ring (bicyclic) bond motifs is 1. The van der Waals surface area contributed by atoms with Crippen LogP contribution in [-0.2, 0) is 13.0 Å². The largest absolute Gasteiger partial charge is 0.497 e. The van der Waals surface area contributed by atoms with Crippen molar-refractivity contribution >= 4 is 21.6 Å². The van der Waals surface area contributed by atoms with Gasteiger partial charge in [0.15, 0.2) is 0 Å². The molecule has 2 aromatic rings. The minimum atomic E-state index is 0.421. The van der Waals surface area contributed by atoms with Crippen LogP contribution in [0.3, 0.4) is 0 Å². The maximum absolute atomic E-state index is 5.20. The average Bonchev–Trinajstić information content (AvgIpc) is 2.70. The molecule has 4 heteroatoms. The van der Waals surface area contributed by atoms with E-state index in [1.54, 1.807) is 7.11 Å². The quantitative estimate of drug-likeness (QED) is 0.890. The maximum Gasteiger partial charge on any atom is 0.118 e. The van der Waals surface area contributed by atoms with Gasteiger partial charge in [0.05, 0.1) is 7.11 Å². The molecule has 0 bridgehead atoms. The molecule has 0 spiro atoms. The lowest BCUT2D eigenvalue weighted by Crippen LogP contribution is -2.34. The molecule has 0 fully saturated rings. The summed E-state index contributed by atoms with van der Waals surface area (Å²) in [6.07, 6.45) is 1.01. The number of hydrogen-bond donors (Lipinski definition) is 2. The zero-order chi connectivity index (χ0) is 14.7. The Hall–Kier alpha value is -1.52. The van der Waals surface area contributed by atoms with Gasteiger partial charge in [-0.15, -0.1) is 0 Å². The predicted molar refractivity (Wildman–Crippen MR) is 90.0 cm³/mol. The van der Waals surface area contributed by atoms with Gasteiger partial charge in [-0.25, -0.2) is 0 Å². The summed E-state index contributed by atoms with van der Waals surface area (Å²) in [5.74, 6) is 0.906. The second-order valence-corrected chi connectivity index (χ2v) is 6.23. The molecular weight excluding hydrogens is 328 g/mol. The second kappa shape index (κ2) is 6.50. The van der Waals surface area contributed by atoms with Gasteiger partial charge < -0.3 is 15.4 Å². The van der Waals surface area contributed by atoms with Crippen molar-refractivity contribution in [3.63, 3.8) is 0 Å². The van der Waals surface area contributed by atoms with Crippen LogP contribution in [0, 0.1) is 0 Å². The fourth-order valence-electron chi connectivity index (χ4n) is 2.63. The predicted octanol–water partition coefficient (Wildman–Crippen LogP) is 3.58. The zero-order valence-corrected chi connectivity index (χ0v) is 13.6. The van der Waals surface area contributed by atoms with Crippen LogP contribution in [0.4, 0.5) is 5.69 Å². The fourth-order valence-corrected chi connectivity index (χ4v) is 3.04. The fraction of sp³-hybridized carbons (Fsp3) is 0.294. The van der Waals surface area contributed by atoms with Crippen LogP contribution in [0.2, 0.25) is 0 Å². The van der Waals surface area contributed by atoms with Gasteiger partial charge in [0.1, 0.15) is 5.75 Å². The van der Waals surface area contributed by atoms with Gasteiger partial charge in [-0.1, -0.05) is 28.1 Å². The molecule has 0 amide bonds. The van der Waals surface area contributed by atoms with Crippen LogP contribution >= 0.6 is 15.9 Å². The zero-order valence-electron chi connectivity index (χ0n) is 12.0. The third-order valence-corrected chi connectivity index (χ3v) is 4.32. The smallest absolute Gasteiger partial charge is 0.118 e. The van der Waals surface area contributed by atoms with Crippen molar-refractivity contribution in [1.29, 1.82) is 0 Å². The summed E-state index contributed by atoms with van der Waals surface area (Å²) in [5.41, 5.74) is 3.85. The Bertz CT molecular complexity index is 613. The van der Waals surface area contributed by atoms with Crippen molar-refractivity contribution in [2.24, 2.45) is 0 Å². The summed E-state index contributed by atoms with van der Waals surface area (Å²) in [6, 6.07) is 15.1. The van der Waals surface area contributed by atoms with E-state index in [-0.39, 0.29) is 0 Å². The summed E-state index contributed by atoms with van der Waals surface area (Å²) in [5, 5.41) is 7.16. The Morgan fingerprint density at radius 2 is 2.00 bits per heavy atom. The highest BCUT2D eigenvalue weighted by Gasteiger charge is 2.15. The molecular formula is C17H19BrN2O. The third-order valence-electron chi connectivity index (χ3n) is 3.83. The molecule has 1 aliphatic rings. The molecule has 0 aromatic heterocycles. The van der Waals surface area contributed by atoms with E-state index < -0.39 is 0 Å². The first-order valence-electron chi connectivity index (χ1n) is 7.13. The van der Waals surface area contributed by atoms with E-state index in [1.165, 1.54) is 16.8 Å². The van der Waals surface area contributed by atoms with Crippen LogP contribution in [-0.4, -0.2) is 19.7 Å². The normalized spacial score (nSPS) is 17.5. The van der Waals surface area contributed by atoms with Gasteiger partial charge in [-0.2, -0.15) is 0 Å². The van der Waals surface area contributed by atoms with Crippen molar-refractivity contribution in [2.45, 2.75) is 19.0 Å². The molecule has 1 atom stereocenters. The topological polar surface area (TPSA) is 33.3 Å². The van der Waals surface area contributed by atoms with Gasteiger partial charge in [-0.3, -0.25) is 0 Å². The number of ether oxygens (including phenoxy) is 1. The summed E-state index contributed by atoms with van der Waals surface area (Å²) >= 11 is 3.53. The highest BCUT2D eigenvalue weighted by atomic mass is 79.9. The molecule has 2 aromatic carbocycles. The van der Waals surface area contributed by atoms with Gasteiger partial charge in [0, 0.05) is 29.3 Å². The Morgan fingerprint density at radius 1 is 1.19 bits per heavy atom. The SMILES string of the molecule is COc1ccc(CC2CNc3ccc(Br)cc3CN2)cc1. The van der Waals surface area contributed by atoms with Crippen LogP contribution in [0.15, 0.2) is 46.9 Å². The van der Waals surface area contributed by atoms with Crippen LogP contribution in [0.5, 0.6) is 5.75 Å². The molecule has 21 heavy (non-hydrogen) atoms. The standard InChI is InChI=1S/C17H19BrN2O/c1-21-16-5-2-12(3-6-16)8-15-11-20-17-7-4-14(18)9-13(17)10-19-15/h2-7,9,15,19-20H,8,10-11H2,1H3. The first kappa shape index (κ1) is 14.4. The Balaban J connectivity index is 1.66. The van der Waals surface area contributed by atoms with Crippen molar-refractivity contribution in [3.8, 4) is 5.75 Å². The number of anilines is 1. The minimum absolute atomic E-state index is 0.421. The third kappa shape index (κ3) is 3.57. The van der Waals surface area contributed by atoms with Gasteiger partial charge in [0.2, 0.25) is 0 Å². The lowest BCUT2D eigenvalue weighted by Gasteiger charge is -2.16. The molecule has 0 radical (unpaired) electrons. The lowest BCUT2D eigenvalue weighted by molar-refractivity contribution is 0.414. The summed E-state index contributed by atoms with van der Waals surface area (Å²) < 4.78 is 6.32. The molecule has 3 nitrogen and oxygen atoms in total. The Labute approximate surface area is 133 Å². The minimum Gasteiger partial charge on any atom is -0.497 e. The number of halogens is 1. The highest BCUT2D eigenvalue weighted by Crippen LogP contribution is 2.23. The van der Waals surface area contributed by atoms with Crippen molar-refractivity contribution in [1.82, 2.24) is 5.32 Å². The van der Waals surface area contributed by atoms with E-state index in [1.807, 2.05) is 12.1 Å². The van der Waals surface area contributed by atoms with E-state index in [2.05, 4.69) is 56.9 Å². The Kier molecular flexibility index (Phi) is 4.46. The first-order valence-corrected chi connectivity index (χ1v) is 7.92. The maximum atomic E-state index is 5.20. The van der Waals surface area contributed by atoms with E-state index in [0.29, 0.717) is 6.04 Å². The van der Waals surface area contributed by atoms with Crippen LogP contribution in [0.1, 0.15) is 11.1 Å². The van der Waals surface area contributed by atoms with Crippen molar-refractivity contribution in [2.75, 3.05) is 19.0 Å². The number of nitrogens with one attached hydrogen (secondary N) is 2. The highest BCUT2D eigenvalue weighted by molar-refractivity contribution is 9.10. The molecule has 1 unspecified atom stereocenters. The molecule has 0 aliphatic carbocycles. The number of benzene rings is 2. The van der Waals surface area contributed by atoms with E-state index in [9.17, 15) is 0 Å². The average molecular weight is 347 g/mol. The second-order valence-electron chi connectivity index (χ2n) is 5.31. The van der Waals surface area contributed by atoms with Gasteiger partial charge in [0.25, 0.3) is 0 Å². The number of rotatable bonds is 3. The van der Waals surface area contributed by atoms with Gasteiger partial charge in [-0.05, 0) is 47.9 Å². The first-order chi connectivity index (χ1) is 10.2. The molecule has 2 N–H and O–H groups in total. The van der Waals surface area contributed by atoms with E-state index in [0.717, 1.165) is 29.7 Å². The molecule has 1 heterocycles. The number of methoxy groups -OCH3 is 1. The molecule has 1 aliphatic heterocycles. The molecule has 110 valence electrons. The lowest BCUT2D eigenvalue weighted by atomic mass is 10.1. The summed E-state index contributed by atoms with van der Waals surface area (Å²) in [4.78, 5) is 0. The van der Waals surface area contributed by atoms with Gasteiger partial charge >= 0.3 is 0 Å². The summed E-state index contributed by atoms with van der Waals surface area (Å²) in [7, 11) is 1.70. The molecule has 3 rings (SSSR count). The van der Waals surface area contributed by atoms with Crippen LogP contribution in [0.25, 0.3) is 0 Å². The molecule has 0 saturated carbocycles. The van der Waals surface area contributed by atoms with Crippen LogP contribution < -0.4 is 15.4 Å². The Morgan fingerprint density at radius 3 is 2.76 bits per heavy atom. The summed E-state index contributed by atoms with van der Waals surface area (Å²) in [6.45, 7) is 1.82. The molecule has 0 saturated heterocycles.